The summed E-state index contributed by atoms with van der Waals surface area (Å²) in [7, 11) is 0. The first-order chi connectivity index (χ1) is 11.8. The number of hydrogen-bond acceptors (Lipinski definition) is 5. The Kier molecular flexibility index (Phi) is 4.32. The first kappa shape index (κ1) is 15.4. The van der Waals surface area contributed by atoms with Gasteiger partial charge in [0.15, 0.2) is 0 Å². The fourth-order valence-electron chi connectivity index (χ4n) is 3.10. The minimum absolute atomic E-state index is 0.548. The van der Waals surface area contributed by atoms with E-state index in [9.17, 15) is 0 Å². The van der Waals surface area contributed by atoms with Gasteiger partial charge in [-0.15, -0.1) is 11.3 Å². The van der Waals surface area contributed by atoms with Gasteiger partial charge < -0.3 is 10.6 Å². The maximum atomic E-state index is 4.81. The molecule has 124 valence electrons. The van der Waals surface area contributed by atoms with Crippen molar-refractivity contribution in [2.24, 2.45) is 5.92 Å². The first-order valence-corrected chi connectivity index (χ1v) is 9.09. The normalized spacial score (nSPS) is 16.6. The molecule has 0 fully saturated rings. The lowest BCUT2D eigenvalue weighted by Gasteiger charge is -2.25. The first-order valence-electron chi connectivity index (χ1n) is 8.28. The van der Waals surface area contributed by atoms with Gasteiger partial charge in [0, 0.05) is 48.6 Å². The zero-order chi connectivity index (χ0) is 16.4. The smallest absolute Gasteiger partial charge is 0.124 e. The van der Waals surface area contributed by atoms with E-state index in [4.69, 9.17) is 4.98 Å². The summed E-state index contributed by atoms with van der Waals surface area (Å²) >= 11 is 1.78. The van der Waals surface area contributed by atoms with Gasteiger partial charge in [-0.25, -0.2) is 9.67 Å². The van der Waals surface area contributed by atoms with E-state index < -0.39 is 0 Å². The van der Waals surface area contributed by atoms with Crippen LogP contribution < -0.4 is 10.6 Å². The number of fused-ring (bicyclic) bond motifs is 1. The topological polar surface area (TPSA) is 54.8 Å². The maximum Gasteiger partial charge on any atom is 0.124 e. The van der Waals surface area contributed by atoms with Crippen LogP contribution in [0.1, 0.15) is 9.88 Å². The molecule has 6 heteroatoms. The van der Waals surface area contributed by atoms with Gasteiger partial charge in [-0.05, 0) is 6.92 Å². The van der Waals surface area contributed by atoms with Crippen LogP contribution in [0.4, 0.5) is 5.82 Å². The molecule has 5 nitrogen and oxygen atoms in total. The van der Waals surface area contributed by atoms with Crippen molar-refractivity contribution in [2.45, 2.75) is 20.0 Å². The summed E-state index contributed by atoms with van der Waals surface area (Å²) in [5.74, 6) is 1.67. The lowest BCUT2D eigenvalue weighted by atomic mass is 10.1. The van der Waals surface area contributed by atoms with Crippen LogP contribution in [0.5, 0.6) is 0 Å². The van der Waals surface area contributed by atoms with E-state index >= 15 is 0 Å². The molecule has 1 aliphatic heterocycles. The summed E-state index contributed by atoms with van der Waals surface area (Å²) in [6, 6.07) is 12.4. The van der Waals surface area contributed by atoms with Crippen molar-refractivity contribution < 1.29 is 0 Å². The van der Waals surface area contributed by atoms with E-state index in [-0.39, 0.29) is 0 Å². The molecule has 1 aromatic carbocycles. The monoisotopic (exact) mass is 339 g/mol. The van der Waals surface area contributed by atoms with Crippen LogP contribution in [0.15, 0.2) is 42.6 Å². The molecule has 0 radical (unpaired) electrons. The van der Waals surface area contributed by atoms with Gasteiger partial charge in [0.25, 0.3) is 0 Å². The van der Waals surface area contributed by atoms with Crippen LogP contribution in [0, 0.1) is 12.8 Å². The Morgan fingerprint density at radius 1 is 1.29 bits per heavy atom. The largest absolute Gasteiger partial charge is 0.370 e. The Morgan fingerprint density at radius 2 is 2.17 bits per heavy atom. The summed E-state index contributed by atoms with van der Waals surface area (Å²) in [6.07, 6.45) is 1.85. The molecule has 1 aliphatic rings. The molecule has 2 aromatic heterocycles. The molecule has 24 heavy (non-hydrogen) atoms. The number of hydrogen-bond donors (Lipinski definition) is 2. The predicted molar refractivity (Wildman–Crippen MR) is 98.2 cm³/mol. The highest BCUT2D eigenvalue weighted by Crippen LogP contribution is 2.27. The molecule has 3 aromatic rings. The third-order valence-electron chi connectivity index (χ3n) is 4.32. The highest BCUT2D eigenvalue weighted by Gasteiger charge is 2.18. The number of nitrogens with one attached hydrogen (secondary N) is 2. The van der Waals surface area contributed by atoms with Crippen LogP contribution >= 0.6 is 11.3 Å². The van der Waals surface area contributed by atoms with Crippen LogP contribution in [0.3, 0.4) is 0 Å². The summed E-state index contributed by atoms with van der Waals surface area (Å²) in [6.45, 7) is 5.89. The van der Waals surface area contributed by atoms with E-state index in [0.717, 1.165) is 42.7 Å². The van der Waals surface area contributed by atoms with E-state index in [1.165, 1.54) is 10.4 Å². The van der Waals surface area contributed by atoms with Gasteiger partial charge >= 0.3 is 0 Å². The van der Waals surface area contributed by atoms with Crippen LogP contribution in [0.2, 0.25) is 0 Å². The molecule has 0 saturated carbocycles. The fourth-order valence-corrected chi connectivity index (χ4v) is 4.02. The molecule has 0 bridgehead atoms. The highest BCUT2D eigenvalue weighted by molar-refractivity contribution is 7.12. The SMILES string of the molecule is Cc1sc(CNC[C@@H]2CNc3ccnn3C2)nc1-c1ccccc1. The Hall–Kier alpha value is -2.18. The average molecular weight is 339 g/mol. The van der Waals surface area contributed by atoms with Gasteiger partial charge in [0.2, 0.25) is 0 Å². The predicted octanol–water partition coefficient (Wildman–Crippen LogP) is 3.15. The van der Waals surface area contributed by atoms with Gasteiger partial charge in [-0.1, -0.05) is 30.3 Å². The number of anilines is 1. The zero-order valence-corrected chi connectivity index (χ0v) is 14.5. The minimum Gasteiger partial charge on any atom is -0.370 e. The van der Waals surface area contributed by atoms with Crippen LogP contribution in [-0.4, -0.2) is 27.9 Å². The van der Waals surface area contributed by atoms with Crippen molar-refractivity contribution >= 4 is 17.2 Å². The second-order valence-electron chi connectivity index (χ2n) is 6.15. The van der Waals surface area contributed by atoms with Crippen molar-refractivity contribution in [1.29, 1.82) is 0 Å². The molecular weight excluding hydrogens is 318 g/mol. The van der Waals surface area contributed by atoms with Crippen molar-refractivity contribution in [1.82, 2.24) is 20.1 Å². The maximum absolute atomic E-state index is 4.81. The van der Waals surface area contributed by atoms with E-state index in [0.29, 0.717) is 5.92 Å². The third kappa shape index (κ3) is 3.20. The van der Waals surface area contributed by atoms with Crippen molar-refractivity contribution in [3.63, 3.8) is 0 Å². The number of rotatable bonds is 5. The average Bonchev–Trinajstić information content (AvgIpc) is 3.21. The van der Waals surface area contributed by atoms with E-state index in [1.807, 2.05) is 23.0 Å². The summed E-state index contributed by atoms with van der Waals surface area (Å²) in [5.41, 5.74) is 2.30. The molecule has 4 rings (SSSR count). The van der Waals surface area contributed by atoms with E-state index in [2.05, 4.69) is 46.9 Å². The molecule has 0 unspecified atom stereocenters. The van der Waals surface area contributed by atoms with Crippen molar-refractivity contribution in [3.8, 4) is 11.3 Å². The van der Waals surface area contributed by atoms with Crippen LogP contribution in [0.25, 0.3) is 11.3 Å². The Morgan fingerprint density at radius 3 is 3.04 bits per heavy atom. The molecule has 3 heterocycles. The van der Waals surface area contributed by atoms with Gasteiger partial charge in [0.05, 0.1) is 11.9 Å². The second-order valence-corrected chi connectivity index (χ2v) is 7.44. The molecule has 1 atom stereocenters. The number of benzene rings is 1. The van der Waals surface area contributed by atoms with E-state index in [1.54, 1.807) is 11.3 Å². The molecule has 0 spiro atoms. The minimum atomic E-state index is 0.548. The standard InChI is InChI=1S/C18H21N5S/c1-13-18(15-5-3-2-4-6-15)22-17(24-13)11-19-9-14-10-20-16-7-8-21-23(16)12-14/h2-8,14,19-20H,9-12H2,1H3/t14-/m1/s1. The molecular formula is C18H21N5S. The Bertz CT molecular complexity index is 808. The zero-order valence-electron chi connectivity index (χ0n) is 13.7. The van der Waals surface area contributed by atoms with Gasteiger partial charge in [-0.3, -0.25) is 0 Å². The number of thiazole rings is 1. The lowest BCUT2D eigenvalue weighted by molar-refractivity contribution is 0.391. The number of aromatic nitrogens is 3. The summed E-state index contributed by atoms with van der Waals surface area (Å²) in [4.78, 5) is 6.09. The lowest BCUT2D eigenvalue weighted by Crippen LogP contribution is -2.35. The second kappa shape index (κ2) is 6.75. The quantitative estimate of drug-likeness (QED) is 0.750. The Balaban J connectivity index is 1.34. The van der Waals surface area contributed by atoms with Crippen LogP contribution in [-0.2, 0) is 13.1 Å². The van der Waals surface area contributed by atoms with Crippen molar-refractivity contribution in [3.05, 3.63) is 52.5 Å². The molecule has 0 aliphatic carbocycles. The number of nitrogens with zero attached hydrogens (tertiary/aromatic N) is 3. The molecule has 0 saturated heterocycles. The Labute approximate surface area is 145 Å². The molecule has 2 N–H and O–H groups in total. The number of aryl methyl sites for hydroxylation is 1. The van der Waals surface area contributed by atoms with Gasteiger partial charge in [0.1, 0.15) is 10.8 Å². The summed E-state index contributed by atoms with van der Waals surface area (Å²) in [5, 5.41) is 12.5. The molecule has 0 amide bonds. The van der Waals surface area contributed by atoms with Gasteiger partial charge in [-0.2, -0.15) is 5.10 Å². The fraction of sp³-hybridized carbons (Fsp3) is 0.333. The summed E-state index contributed by atoms with van der Waals surface area (Å²) < 4.78 is 2.04. The van der Waals surface area contributed by atoms with Crippen molar-refractivity contribution in [2.75, 3.05) is 18.4 Å². The highest BCUT2D eigenvalue weighted by atomic mass is 32.1. The third-order valence-corrected chi connectivity index (χ3v) is 5.29.